The first-order chi connectivity index (χ1) is 9.23. The highest BCUT2D eigenvalue weighted by atomic mass is 16.5. The van der Waals surface area contributed by atoms with Crippen molar-refractivity contribution in [1.29, 1.82) is 0 Å². The Hall–Kier alpha value is -1.88. The van der Waals surface area contributed by atoms with Gasteiger partial charge in [0.25, 0.3) is 0 Å². The van der Waals surface area contributed by atoms with E-state index in [0.29, 0.717) is 6.54 Å². The smallest absolute Gasteiger partial charge is 0.151 e. The average molecular weight is 260 g/mol. The van der Waals surface area contributed by atoms with Crippen LogP contribution in [0.5, 0.6) is 5.75 Å². The van der Waals surface area contributed by atoms with E-state index in [1.807, 2.05) is 22.9 Å². The summed E-state index contributed by atoms with van der Waals surface area (Å²) < 4.78 is 7.16. The maximum absolute atomic E-state index is 5.81. The molecule has 0 aliphatic carbocycles. The summed E-state index contributed by atoms with van der Waals surface area (Å²) in [6, 6.07) is 5.84. The van der Waals surface area contributed by atoms with Gasteiger partial charge in [0.15, 0.2) is 5.82 Å². The Bertz CT molecular complexity index is 563. The lowest BCUT2D eigenvalue weighted by Crippen LogP contribution is -2.09. The topological polar surface area (TPSA) is 66.0 Å². The first kappa shape index (κ1) is 13.5. The van der Waals surface area contributed by atoms with E-state index < -0.39 is 0 Å². The molecule has 2 rings (SSSR count). The molecule has 0 spiro atoms. The van der Waals surface area contributed by atoms with Crippen LogP contribution in [0.4, 0.5) is 0 Å². The second-order valence-electron chi connectivity index (χ2n) is 4.26. The molecule has 0 atom stereocenters. The molecule has 0 radical (unpaired) electrons. The molecule has 1 aromatic carbocycles. The van der Waals surface area contributed by atoms with Gasteiger partial charge in [0.05, 0.1) is 12.8 Å². The second kappa shape index (κ2) is 5.84. The van der Waals surface area contributed by atoms with Gasteiger partial charge in [0, 0.05) is 25.5 Å². The molecule has 0 amide bonds. The summed E-state index contributed by atoms with van der Waals surface area (Å²) in [6.07, 6.45) is 1.65. The molecular weight excluding hydrogens is 240 g/mol. The van der Waals surface area contributed by atoms with Crippen molar-refractivity contribution in [2.24, 2.45) is 5.73 Å². The minimum atomic E-state index is 0.462. The van der Waals surface area contributed by atoms with Gasteiger partial charge < -0.3 is 10.5 Å². The fourth-order valence-electron chi connectivity index (χ4n) is 2.00. The van der Waals surface area contributed by atoms with E-state index in [4.69, 9.17) is 10.5 Å². The molecule has 2 aromatic rings. The van der Waals surface area contributed by atoms with Crippen LogP contribution in [0.25, 0.3) is 5.69 Å². The number of methoxy groups -OCH3 is 1. The Labute approximate surface area is 113 Å². The number of aromatic nitrogens is 3. The largest absolute Gasteiger partial charge is 0.497 e. The summed E-state index contributed by atoms with van der Waals surface area (Å²) in [5.74, 6) is 2.59. The number of ether oxygens (including phenoxy) is 1. The minimum absolute atomic E-state index is 0.462. The van der Waals surface area contributed by atoms with Gasteiger partial charge in [-0.15, -0.1) is 0 Å². The summed E-state index contributed by atoms with van der Waals surface area (Å²) in [7, 11) is 1.65. The molecule has 5 nitrogen and oxygen atoms in total. The highest BCUT2D eigenvalue weighted by molar-refractivity contribution is 5.46. The summed E-state index contributed by atoms with van der Waals surface area (Å²) in [5.41, 5.74) is 7.79. The normalized spacial score (nSPS) is 10.7. The van der Waals surface area contributed by atoms with Crippen LogP contribution in [0.3, 0.4) is 0 Å². The summed E-state index contributed by atoms with van der Waals surface area (Å²) in [4.78, 5) is 4.52. The summed E-state index contributed by atoms with van der Waals surface area (Å²) in [5, 5.41) is 4.55. The SMILES string of the molecule is CCc1nc(CC)n(-c2cc(OC)ccc2CN)n1. The maximum Gasteiger partial charge on any atom is 0.151 e. The molecule has 0 aliphatic heterocycles. The third kappa shape index (κ3) is 2.61. The second-order valence-corrected chi connectivity index (χ2v) is 4.26. The molecule has 0 bridgehead atoms. The molecular formula is C14H20N4O. The lowest BCUT2D eigenvalue weighted by molar-refractivity contribution is 0.414. The fraction of sp³-hybridized carbons (Fsp3) is 0.429. The van der Waals surface area contributed by atoms with Crippen LogP contribution in [0.2, 0.25) is 0 Å². The van der Waals surface area contributed by atoms with Gasteiger partial charge in [0.2, 0.25) is 0 Å². The monoisotopic (exact) mass is 260 g/mol. The van der Waals surface area contributed by atoms with Crippen molar-refractivity contribution in [2.75, 3.05) is 7.11 Å². The number of nitrogens with two attached hydrogens (primary N) is 1. The number of hydrogen-bond donors (Lipinski definition) is 1. The molecule has 2 N–H and O–H groups in total. The molecule has 0 aliphatic rings. The van der Waals surface area contributed by atoms with Crippen molar-refractivity contribution in [3.05, 3.63) is 35.4 Å². The van der Waals surface area contributed by atoms with Crippen LogP contribution in [-0.4, -0.2) is 21.9 Å². The van der Waals surface area contributed by atoms with Crippen molar-refractivity contribution in [3.63, 3.8) is 0 Å². The Balaban J connectivity index is 2.58. The van der Waals surface area contributed by atoms with Gasteiger partial charge in [-0.25, -0.2) is 9.67 Å². The van der Waals surface area contributed by atoms with Gasteiger partial charge in [0.1, 0.15) is 11.6 Å². The zero-order valence-electron chi connectivity index (χ0n) is 11.7. The summed E-state index contributed by atoms with van der Waals surface area (Å²) >= 11 is 0. The van der Waals surface area contributed by atoms with E-state index in [-0.39, 0.29) is 0 Å². The van der Waals surface area contributed by atoms with Crippen LogP contribution in [0.15, 0.2) is 18.2 Å². The van der Waals surface area contributed by atoms with E-state index in [0.717, 1.165) is 41.5 Å². The van der Waals surface area contributed by atoms with Crippen molar-refractivity contribution in [2.45, 2.75) is 33.2 Å². The molecule has 1 heterocycles. The van der Waals surface area contributed by atoms with Crippen molar-refractivity contribution >= 4 is 0 Å². The fourth-order valence-corrected chi connectivity index (χ4v) is 2.00. The van der Waals surface area contributed by atoms with E-state index >= 15 is 0 Å². The Morgan fingerprint density at radius 2 is 2.05 bits per heavy atom. The van der Waals surface area contributed by atoms with E-state index in [9.17, 15) is 0 Å². The van der Waals surface area contributed by atoms with E-state index in [2.05, 4.69) is 23.9 Å². The van der Waals surface area contributed by atoms with E-state index in [1.165, 1.54) is 0 Å². The molecule has 0 saturated carbocycles. The van der Waals surface area contributed by atoms with E-state index in [1.54, 1.807) is 7.11 Å². The lowest BCUT2D eigenvalue weighted by atomic mass is 10.1. The third-order valence-corrected chi connectivity index (χ3v) is 3.09. The van der Waals surface area contributed by atoms with Gasteiger partial charge in [-0.3, -0.25) is 0 Å². The van der Waals surface area contributed by atoms with Gasteiger partial charge >= 0.3 is 0 Å². The minimum Gasteiger partial charge on any atom is -0.497 e. The number of hydrogen-bond acceptors (Lipinski definition) is 4. The molecule has 102 valence electrons. The summed E-state index contributed by atoms with van der Waals surface area (Å²) in [6.45, 7) is 4.58. The molecule has 1 aromatic heterocycles. The molecule has 0 saturated heterocycles. The van der Waals surface area contributed by atoms with Crippen LogP contribution in [0.1, 0.15) is 31.1 Å². The number of rotatable bonds is 5. The van der Waals surface area contributed by atoms with Crippen LogP contribution in [0, 0.1) is 0 Å². The van der Waals surface area contributed by atoms with Crippen LogP contribution < -0.4 is 10.5 Å². The first-order valence-corrected chi connectivity index (χ1v) is 6.55. The predicted molar refractivity (Wildman–Crippen MR) is 74.6 cm³/mol. The molecule has 0 fully saturated rings. The highest BCUT2D eigenvalue weighted by Crippen LogP contribution is 2.22. The highest BCUT2D eigenvalue weighted by Gasteiger charge is 2.13. The predicted octanol–water partition coefficient (Wildman–Crippen LogP) is 1.86. The zero-order valence-corrected chi connectivity index (χ0v) is 11.7. The molecule has 5 heteroatoms. The zero-order chi connectivity index (χ0) is 13.8. The number of aryl methyl sites for hydroxylation is 2. The quantitative estimate of drug-likeness (QED) is 0.891. The average Bonchev–Trinajstić information content (AvgIpc) is 2.89. The number of nitrogens with zero attached hydrogens (tertiary/aromatic N) is 3. The lowest BCUT2D eigenvalue weighted by Gasteiger charge is -2.11. The van der Waals surface area contributed by atoms with Crippen LogP contribution in [-0.2, 0) is 19.4 Å². The first-order valence-electron chi connectivity index (χ1n) is 6.55. The Morgan fingerprint density at radius 3 is 2.63 bits per heavy atom. The maximum atomic E-state index is 5.81. The Kier molecular flexibility index (Phi) is 4.16. The van der Waals surface area contributed by atoms with Gasteiger partial charge in [-0.1, -0.05) is 19.9 Å². The number of benzene rings is 1. The Morgan fingerprint density at radius 1 is 1.26 bits per heavy atom. The van der Waals surface area contributed by atoms with Crippen molar-refractivity contribution < 1.29 is 4.74 Å². The van der Waals surface area contributed by atoms with Gasteiger partial charge in [-0.05, 0) is 11.6 Å². The third-order valence-electron chi connectivity index (χ3n) is 3.09. The molecule has 0 unspecified atom stereocenters. The molecule has 19 heavy (non-hydrogen) atoms. The van der Waals surface area contributed by atoms with Crippen molar-refractivity contribution in [1.82, 2.24) is 14.8 Å². The standard InChI is InChI=1S/C14H20N4O/c1-4-13-16-14(5-2)18(17-13)12-8-11(19-3)7-6-10(12)9-15/h6-8H,4-5,9,15H2,1-3H3. The van der Waals surface area contributed by atoms with Crippen LogP contribution >= 0.6 is 0 Å². The van der Waals surface area contributed by atoms with Crippen molar-refractivity contribution in [3.8, 4) is 11.4 Å². The van der Waals surface area contributed by atoms with Gasteiger partial charge in [-0.2, -0.15) is 5.10 Å².